The van der Waals surface area contributed by atoms with E-state index < -0.39 is 10.0 Å². The van der Waals surface area contributed by atoms with Crippen LogP contribution in [-0.2, 0) is 21.4 Å². The van der Waals surface area contributed by atoms with Gasteiger partial charge in [-0.05, 0) is 19.8 Å². The largest absolute Gasteiger partial charge is 0.336 e. The first-order chi connectivity index (χ1) is 10.8. The molecule has 2 fully saturated rings. The molecule has 8 heteroatoms. The van der Waals surface area contributed by atoms with Crippen LogP contribution in [-0.4, -0.2) is 53.9 Å². The maximum Gasteiger partial charge on any atom is 0.223 e. The van der Waals surface area contributed by atoms with Crippen molar-refractivity contribution in [2.24, 2.45) is 5.41 Å². The van der Waals surface area contributed by atoms with E-state index in [9.17, 15) is 13.2 Å². The molecule has 2 aliphatic heterocycles. The van der Waals surface area contributed by atoms with Crippen LogP contribution in [0.4, 0.5) is 0 Å². The quantitative estimate of drug-likeness (QED) is 0.803. The molecule has 1 aromatic rings. The standard InChI is InChI=1S/C15H23N3O3S2/c1-3-6-23(20,21)18-5-4-15(11-18)7-14(19)17(10-15)8-13-9-22-12(2)16-13/h9H,3-8,10-11H2,1-2H3/t15-/m1/s1. The van der Waals surface area contributed by atoms with E-state index in [1.807, 2.05) is 24.1 Å². The molecule has 3 heterocycles. The number of carbonyl (C=O) groups excluding carboxylic acids is 1. The lowest BCUT2D eigenvalue weighted by Crippen LogP contribution is -2.35. The van der Waals surface area contributed by atoms with Crippen molar-refractivity contribution >= 4 is 27.3 Å². The van der Waals surface area contributed by atoms with Crippen LogP contribution in [0.1, 0.15) is 36.9 Å². The van der Waals surface area contributed by atoms with Crippen LogP contribution in [0, 0.1) is 12.3 Å². The Labute approximate surface area is 141 Å². The summed E-state index contributed by atoms with van der Waals surface area (Å²) in [7, 11) is -3.17. The Morgan fingerprint density at radius 2 is 2.17 bits per heavy atom. The second-order valence-electron chi connectivity index (χ2n) is 6.68. The van der Waals surface area contributed by atoms with Crippen LogP contribution < -0.4 is 0 Å². The second-order valence-corrected chi connectivity index (χ2v) is 9.83. The average molecular weight is 358 g/mol. The van der Waals surface area contributed by atoms with Gasteiger partial charge >= 0.3 is 0 Å². The van der Waals surface area contributed by atoms with E-state index in [1.165, 1.54) is 0 Å². The smallest absolute Gasteiger partial charge is 0.223 e. The first-order valence-electron chi connectivity index (χ1n) is 8.00. The molecule has 128 valence electrons. The van der Waals surface area contributed by atoms with Gasteiger partial charge in [0.15, 0.2) is 0 Å². The third kappa shape index (κ3) is 3.44. The Morgan fingerprint density at radius 1 is 1.39 bits per heavy atom. The number of rotatable bonds is 5. The Hall–Kier alpha value is -0.990. The van der Waals surface area contributed by atoms with Crippen molar-refractivity contribution < 1.29 is 13.2 Å². The zero-order valence-electron chi connectivity index (χ0n) is 13.6. The summed E-state index contributed by atoms with van der Waals surface area (Å²) in [4.78, 5) is 18.6. The van der Waals surface area contributed by atoms with E-state index in [1.54, 1.807) is 15.6 Å². The number of thiazole rings is 1. The van der Waals surface area contributed by atoms with E-state index >= 15 is 0 Å². The maximum atomic E-state index is 12.4. The van der Waals surface area contributed by atoms with Crippen molar-refractivity contribution in [3.8, 4) is 0 Å². The molecule has 0 N–H and O–H groups in total. The Kier molecular flexibility index (Phi) is 4.50. The van der Waals surface area contributed by atoms with E-state index in [0.29, 0.717) is 39.0 Å². The topological polar surface area (TPSA) is 70.6 Å². The minimum absolute atomic E-state index is 0.116. The van der Waals surface area contributed by atoms with Gasteiger partial charge in [-0.2, -0.15) is 0 Å². The Balaban J connectivity index is 1.67. The van der Waals surface area contributed by atoms with E-state index in [4.69, 9.17) is 0 Å². The molecule has 0 aliphatic carbocycles. The number of aryl methyl sites for hydroxylation is 1. The zero-order valence-corrected chi connectivity index (χ0v) is 15.3. The highest BCUT2D eigenvalue weighted by Gasteiger charge is 2.49. The third-order valence-corrected chi connectivity index (χ3v) is 7.53. The summed E-state index contributed by atoms with van der Waals surface area (Å²) in [5, 5.41) is 2.99. The number of sulfonamides is 1. The second kappa shape index (κ2) is 6.14. The number of likely N-dealkylation sites (tertiary alicyclic amines) is 1. The van der Waals surface area contributed by atoms with Gasteiger partial charge in [-0.3, -0.25) is 4.79 Å². The molecule has 0 aromatic carbocycles. The van der Waals surface area contributed by atoms with E-state index in [2.05, 4.69) is 4.98 Å². The van der Waals surface area contributed by atoms with Crippen molar-refractivity contribution in [2.45, 2.75) is 39.7 Å². The molecule has 1 amide bonds. The van der Waals surface area contributed by atoms with Crippen LogP contribution in [0.2, 0.25) is 0 Å². The van der Waals surface area contributed by atoms with Crippen LogP contribution in [0.15, 0.2) is 5.38 Å². The van der Waals surface area contributed by atoms with Crippen molar-refractivity contribution in [3.05, 3.63) is 16.1 Å². The molecule has 1 spiro atoms. The highest BCUT2D eigenvalue weighted by Crippen LogP contribution is 2.41. The molecule has 6 nitrogen and oxygen atoms in total. The summed E-state index contributed by atoms with van der Waals surface area (Å²) in [6, 6.07) is 0. The van der Waals surface area contributed by atoms with Crippen LogP contribution in [0.5, 0.6) is 0 Å². The van der Waals surface area contributed by atoms with Crippen molar-refractivity contribution in [1.29, 1.82) is 0 Å². The normalized spacial score (nSPS) is 25.8. The number of hydrogen-bond acceptors (Lipinski definition) is 5. The highest BCUT2D eigenvalue weighted by atomic mass is 32.2. The van der Waals surface area contributed by atoms with Gasteiger partial charge in [0.1, 0.15) is 0 Å². The highest BCUT2D eigenvalue weighted by molar-refractivity contribution is 7.89. The summed E-state index contributed by atoms with van der Waals surface area (Å²) in [5.41, 5.74) is 0.717. The number of aromatic nitrogens is 1. The van der Waals surface area contributed by atoms with Crippen molar-refractivity contribution in [3.63, 3.8) is 0 Å². The summed E-state index contributed by atoms with van der Waals surface area (Å²) < 4.78 is 26.1. The predicted molar refractivity (Wildman–Crippen MR) is 89.6 cm³/mol. The average Bonchev–Trinajstić information content (AvgIpc) is 3.13. The summed E-state index contributed by atoms with van der Waals surface area (Å²) in [6.07, 6.45) is 1.85. The molecule has 2 aliphatic rings. The summed E-state index contributed by atoms with van der Waals surface area (Å²) in [6.45, 7) is 6.02. The number of nitrogens with zero attached hydrogens (tertiary/aromatic N) is 3. The monoisotopic (exact) mass is 357 g/mol. The number of amides is 1. The number of hydrogen-bond donors (Lipinski definition) is 0. The van der Waals surface area contributed by atoms with Crippen LogP contribution >= 0.6 is 11.3 Å². The van der Waals surface area contributed by atoms with E-state index in [-0.39, 0.29) is 17.1 Å². The first kappa shape index (κ1) is 16.9. The molecule has 3 rings (SSSR count). The van der Waals surface area contributed by atoms with Crippen molar-refractivity contribution in [1.82, 2.24) is 14.2 Å². The van der Waals surface area contributed by atoms with Gasteiger partial charge in [-0.25, -0.2) is 17.7 Å². The van der Waals surface area contributed by atoms with Crippen LogP contribution in [0.25, 0.3) is 0 Å². The van der Waals surface area contributed by atoms with Gasteiger partial charge in [0.2, 0.25) is 15.9 Å². The molecule has 1 atom stereocenters. The molecular weight excluding hydrogens is 334 g/mol. The lowest BCUT2D eigenvalue weighted by Gasteiger charge is -2.23. The third-order valence-electron chi connectivity index (χ3n) is 4.68. The Morgan fingerprint density at radius 3 is 2.83 bits per heavy atom. The maximum absolute atomic E-state index is 12.4. The lowest BCUT2D eigenvalue weighted by molar-refractivity contribution is -0.128. The molecule has 23 heavy (non-hydrogen) atoms. The number of carbonyl (C=O) groups is 1. The van der Waals surface area contributed by atoms with Crippen molar-refractivity contribution in [2.75, 3.05) is 25.4 Å². The van der Waals surface area contributed by atoms with Gasteiger partial charge in [0.25, 0.3) is 0 Å². The minimum Gasteiger partial charge on any atom is -0.336 e. The molecule has 0 saturated carbocycles. The van der Waals surface area contributed by atoms with Gasteiger partial charge in [0, 0.05) is 36.9 Å². The van der Waals surface area contributed by atoms with Gasteiger partial charge < -0.3 is 4.90 Å². The molecule has 1 aromatic heterocycles. The zero-order chi connectivity index (χ0) is 16.7. The van der Waals surface area contributed by atoms with Gasteiger partial charge in [-0.1, -0.05) is 6.92 Å². The molecule has 2 saturated heterocycles. The minimum atomic E-state index is -3.17. The summed E-state index contributed by atoms with van der Waals surface area (Å²) >= 11 is 1.59. The van der Waals surface area contributed by atoms with Gasteiger partial charge in [0.05, 0.1) is 23.0 Å². The molecule has 0 unspecified atom stereocenters. The van der Waals surface area contributed by atoms with Gasteiger partial charge in [-0.15, -0.1) is 11.3 Å². The van der Waals surface area contributed by atoms with E-state index in [0.717, 1.165) is 17.1 Å². The fraction of sp³-hybridized carbons (Fsp3) is 0.733. The predicted octanol–water partition coefficient (Wildman–Crippen LogP) is 1.62. The molecular formula is C15H23N3O3S2. The first-order valence-corrected chi connectivity index (χ1v) is 10.5. The van der Waals surface area contributed by atoms with Crippen LogP contribution in [0.3, 0.4) is 0 Å². The fourth-order valence-corrected chi connectivity index (χ4v) is 5.81. The fourth-order valence-electron chi connectivity index (χ4n) is 3.59. The molecule has 0 bridgehead atoms. The lowest BCUT2D eigenvalue weighted by atomic mass is 9.86. The molecule has 0 radical (unpaired) electrons. The summed E-state index contributed by atoms with van der Waals surface area (Å²) in [5.74, 6) is 0.309. The SMILES string of the molecule is CCCS(=O)(=O)N1CC[C@]2(CC(=O)N(Cc3csc(C)n3)C2)C1. The Bertz CT molecular complexity index is 701.